The van der Waals surface area contributed by atoms with Gasteiger partial charge in [0.1, 0.15) is 6.07 Å². The number of aromatic nitrogens is 2. The molecule has 0 N–H and O–H groups in total. The molecule has 0 unspecified atom stereocenters. The average molecular weight is 414 g/mol. The van der Waals surface area contributed by atoms with E-state index < -0.39 is 0 Å². The summed E-state index contributed by atoms with van der Waals surface area (Å²) in [6, 6.07) is 18.1. The second-order valence-electron chi connectivity index (χ2n) is 7.53. The Morgan fingerprint density at radius 3 is 2.63 bits per heavy atom. The molecule has 150 valence electrons. The first-order valence-electron chi connectivity index (χ1n) is 10.1. The van der Waals surface area contributed by atoms with Crippen molar-refractivity contribution in [2.45, 2.75) is 44.4 Å². The zero-order valence-corrected chi connectivity index (χ0v) is 18.4. The standard InChI is InChI=1S/C25H23N3OS/c1-5-18-13-23(30-17(4)24(29)19-11-10-15(2)16(3)12-19)28-22-9-7-6-8-21(22)27-25(28)20(18)14-26/h6-13,17H,5H2,1-4H3/t17-/m0/s1. The van der Waals surface area contributed by atoms with Crippen molar-refractivity contribution in [1.82, 2.24) is 9.38 Å². The van der Waals surface area contributed by atoms with E-state index in [9.17, 15) is 10.1 Å². The van der Waals surface area contributed by atoms with Crippen molar-refractivity contribution in [1.29, 1.82) is 5.26 Å². The van der Waals surface area contributed by atoms with Crippen LogP contribution >= 0.6 is 11.8 Å². The maximum atomic E-state index is 13.1. The number of carbonyl (C=O) groups is 1. The van der Waals surface area contributed by atoms with E-state index in [0.717, 1.165) is 39.2 Å². The van der Waals surface area contributed by atoms with E-state index >= 15 is 0 Å². The van der Waals surface area contributed by atoms with Crippen LogP contribution in [0.5, 0.6) is 0 Å². The van der Waals surface area contributed by atoms with Gasteiger partial charge in [-0.15, -0.1) is 0 Å². The zero-order valence-electron chi connectivity index (χ0n) is 17.6. The molecule has 0 bridgehead atoms. The van der Waals surface area contributed by atoms with Crippen LogP contribution in [0.2, 0.25) is 0 Å². The Morgan fingerprint density at radius 1 is 1.17 bits per heavy atom. The number of ketones is 1. The van der Waals surface area contributed by atoms with Gasteiger partial charge in [-0.2, -0.15) is 5.26 Å². The van der Waals surface area contributed by atoms with Crippen LogP contribution in [0.1, 0.15) is 46.5 Å². The highest BCUT2D eigenvalue weighted by Gasteiger charge is 2.22. The number of rotatable bonds is 5. The Bertz CT molecular complexity index is 1330. The minimum Gasteiger partial charge on any atom is -0.293 e. The molecule has 0 saturated carbocycles. The van der Waals surface area contributed by atoms with Crippen LogP contribution in [0.4, 0.5) is 0 Å². The van der Waals surface area contributed by atoms with Crippen LogP contribution < -0.4 is 0 Å². The number of Topliss-reactive ketones (excluding diaryl/α,β-unsaturated/α-hetero) is 1. The summed E-state index contributed by atoms with van der Waals surface area (Å²) in [6.45, 7) is 8.05. The molecule has 1 atom stereocenters. The molecule has 2 heterocycles. The Hall–Kier alpha value is -3.10. The number of para-hydroxylation sites is 2. The van der Waals surface area contributed by atoms with Crippen LogP contribution in [0.25, 0.3) is 16.7 Å². The lowest BCUT2D eigenvalue weighted by atomic mass is 10.0. The normalized spacial score (nSPS) is 12.2. The van der Waals surface area contributed by atoms with Gasteiger partial charge in [-0.05, 0) is 68.1 Å². The number of imidazole rings is 1. The van der Waals surface area contributed by atoms with E-state index in [2.05, 4.69) is 6.07 Å². The maximum absolute atomic E-state index is 13.1. The second-order valence-corrected chi connectivity index (χ2v) is 8.89. The van der Waals surface area contributed by atoms with Gasteiger partial charge >= 0.3 is 0 Å². The molecule has 0 spiro atoms. The van der Waals surface area contributed by atoms with E-state index in [1.165, 1.54) is 17.3 Å². The van der Waals surface area contributed by atoms with Gasteiger partial charge < -0.3 is 0 Å². The van der Waals surface area contributed by atoms with Crippen molar-refractivity contribution in [2.24, 2.45) is 0 Å². The van der Waals surface area contributed by atoms with E-state index in [-0.39, 0.29) is 11.0 Å². The summed E-state index contributed by atoms with van der Waals surface area (Å²) in [4.78, 5) is 17.9. The lowest BCUT2D eigenvalue weighted by Gasteiger charge is -2.15. The first-order valence-corrected chi connectivity index (χ1v) is 10.9. The van der Waals surface area contributed by atoms with Gasteiger partial charge in [0.05, 0.1) is 26.9 Å². The lowest BCUT2D eigenvalue weighted by Crippen LogP contribution is -2.15. The van der Waals surface area contributed by atoms with Crippen LogP contribution in [0, 0.1) is 25.2 Å². The largest absolute Gasteiger partial charge is 0.293 e. The highest BCUT2D eigenvalue weighted by Crippen LogP contribution is 2.33. The van der Waals surface area contributed by atoms with Crippen LogP contribution in [-0.4, -0.2) is 20.4 Å². The molecule has 0 radical (unpaired) electrons. The molecule has 0 amide bonds. The van der Waals surface area contributed by atoms with Gasteiger partial charge in [0, 0.05) is 5.56 Å². The number of fused-ring (bicyclic) bond motifs is 3. The number of thioether (sulfide) groups is 1. The Balaban J connectivity index is 1.82. The molecule has 0 fully saturated rings. The quantitative estimate of drug-likeness (QED) is 0.302. The molecule has 4 aromatic rings. The lowest BCUT2D eigenvalue weighted by molar-refractivity contribution is 0.0994. The summed E-state index contributed by atoms with van der Waals surface area (Å²) >= 11 is 1.52. The molecule has 4 nitrogen and oxygen atoms in total. The van der Waals surface area contributed by atoms with Crippen LogP contribution in [-0.2, 0) is 6.42 Å². The number of aryl methyl sites for hydroxylation is 3. The SMILES string of the molecule is CCc1cc(S[C@@H](C)C(=O)c2ccc(C)c(C)c2)n2c(nc3ccccc32)c1C#N. The van der Waals surface area contributed by atoms with Gasteiger partial charge in [-0.25, -0.2) is 4.98 Å². The first-order chi connectivity index (χ1) is 14.4. The van der Waals surface area contributed by atoms with Crippen molar-refractivity contribution >= 4 is 34.2 Å². The molecular weight excluding hydrogens is 390 g/mol. The molecule has 5 heteroatoms. The average Bonchev–Trinajstić information content (AvgIpc) is 3.14. The van der Waals surface area contributed by atoms with Crippen molar-refractivity contribution in [3.63, 3.8) is 0 Å². The number of benzene rings is 2. The zero-order chi connectivity index (χ0) is 21.4. The molecule has 0 saturated heterocycles. The third kappa shape index (κ3) is 3.38. The minimum atomic E-state index is -0.269. The van der Waals surface area contributed by atoms with E-state index in [4.69, 9.17) is 4.98 Å². The Kier molecular flexibility index (Phi) is 5.36. The number of hydrogen-bond donors (Lipinski definition) is 0. The van der Waals surface area contributed by atoms with Crippen LogP contribution in [0.15, 0.2) is 53.6 Å². The van der Waals surface area contributed by atoms with Gasteiger partial charge in [0.15, 0.2) is 11.4 Å². The summed E-state index contributed by atoms with van der Waals surface area (Å²) in [7, 11) is 0. The molecule has 30 heavy (non-hydrogen) atoms. The number of pyridine rings is 1. The second kappa shape index (κ2) is 7.97. The number of carbonyl (C=O) groups excluding carboxylic acids is 1. The third-order valence-corrected chi connectivity index (χ3v) is 6.68. The Labute approximate surface area is 180 Å². The predicted molar refractivity (Wildman–Crippen MR) is 122 cm³/mol. The van der Waals surface area contributed by atoms with Gasteiger partial charge in [-0.1, -0.05) is 43.0 Å². The number of nitriles is 1. The van der Waals surface area contributed by atoms with Crippen LogP contribution in [0.3, 0.4) is 0 Å². The summed E-state index contributed by atoms with van der Waals surface area (Å²) in [5.74, 6) is 0.100. The fourth-order valence-electron chi connectivity index (χ4n) is 3.70. The van der Waals surface area contributed by atoms with E-state index in [0.29, 0.717) is 11.2 Å². The van der Waals surface area contributed by atoms with Crippen molar-refractivity contribution in [3.05, 3.63) is 76.3 Å². The highest BCUT2D eigenvalue weighted by atomic mass is 32.2. The van der Waals surface area contributed by atoms with E-state index in [1.807, 2.05) is 80.6 Å². The maximum Gasteiger partial charge on any atom is 0.175 e. The number of nitrogens with zero attached hydrogens (tertiary/aromatic N) is 3. The van der Waals surface area contributed by atoms with Crippen molar-refractivity contribution in [3.8, 4) is 6.07 Å². The molecular formula is C25H23N3OS. The summed E-state index contributed by atoms with van der Waals surface area (Å²) < 4.78 is 2.02. The highest BCUT2D eigenvalue weighted by molar-refractivity contribution is 8.00. The third-order valence-electron chi connectivity index (χ3n) is 5.57. The minimum absolute atomic E-state index is 0.100. The van der Waals surface area contributed by atoms with Crippen molar-refractivity contribution in [2.75, 3.05) is 0 Å². The van der Waals surface area contributed by atoms with Gasteiger partial charge in [0.2, 0.25) is 0 Å². The molecule has 4 rings (SSSR count). The number of hydrogen-bond acceptors (Lipinski definition) is 4. The molecule has 0 aliphatic heterocycles. The molecule has 2 aromatic heterocycles. The topological polar surface area (TPSA) is 58.2 Å². The first kappa shape index (κ1) is 20.2. The molecule has 2 aromatic carbocycles. The fraction of sp³-hybridized carbons (Fsp3) is 0.240. The Morgan fingerprint density at radius 2 is 1.93 bits per heavy atom. The predicted octanol–water partition coefficient (Wildman–Crippen LogP) is 5.90. The molecule has 0 aliphatic carbocycles. The summed E-state index contributed by atoms with van der Waals surface area (Å²) in [5.41, 5.74) is 7.03. The fourth-order valence-corrected chi connectivity index (χ4v) is 4.80. The molecule has 0 aliphatic rings. The smallest absolute Gasteiger partial charge is 0.175 e. The van der Waals surface area contributed by atoms with E-state index in [1.54, 1.807) is 0 Å². The van der Waals surface area contributed by atoms with Gasteiger partial charge in [-0.3, -0.25) is 9.20 Å². The summed E-state index contributed by atoms with van der Waals surface area (Å²) in [6.07, 6.45) is 0.732. The monoisotopic (exact) mass is 413 g/mol. The summed E-state index contributed by atoms with van der Waals surface area (Å²) in [5, 5.41) is 10.4. The van der Waals surface area contributed by atoms with Gasteiger partial charge in [0.25, 0.3) is 0 Å². The van der Waals surface area contributed by atoms with Crippen molar-refractivity contribution < 1.29 is 4.79 Å².